The van der Waals surface area contributed by atoms with Gasteiger partial charge in [-0.1, -0.05) is 60.7 Å². The molecule has 0 spiro atoms. The van der Waals surface area contributed by atoms with Crippen LogP contribution in [0.2, 0.25) is 0 Å². The van der Waals surface area contributed by atoms with Crippen molar-refractivity contribution in [3.63, 3.8) is 0 Å². The molecular weight excluding hydrogens is 578 g/mol. The summed E-state index contributed by atoms with van der Waals surface area (Å²) >= 11 is 4.49. The Morgan fingerprint density at radius 3 is 2.51 bits per heavy atom. The van der Waals surface area contributed by atoms with E-state index in [1.165, 1.54) is 4.90 Å². The molecule has 39 heavy (non-hydrogen) atoms. The zero-order valence-electron chi connectivity index (χ0n) is 21.5. The number of aryl methyl sites for hydroxylation is 1. The highest BCUT2D eigenvalue weighted by Gasteiger charge is 2.35. The van der Waals surface area contributed by atoms with Gasteiger partial charge in [-0.05, 0) is 81.0 Å². The maximum absolute atomic E-state index is 13.1. The molecule has 0 unspecified atom stereocenters. The average Bonchev–Trinajstić information content (AvgIpc) is 3.20. The van der Waals surface area contributed by atoms with Crippen LogP contribution in [0.15, 0.2) is 88.2 Å². The van der Waals surface area contributed by atoms with Gasteiger partial charge in [-0.3, -0.25) is 14.5 Å². The molecule has 0 N–H and O–H groups in total. The number of ether oxygens (including phenoxy) is 3. The Morgan fingerprint density at radius 2 is 1.69 bits per heavy atom. The smallest absolute Gasteiger partial charge is 0.293 e. The second kappa shape index (κ2) is 12.0. The van der Waals surface area contributed by atoms with Gasteiger partial charge in [-0.15, -0.1) is 0 Å². The first-order valence-corrected chi connectivity index (χ1v) is 14.0. The fourth-order valence-electron chi connectivity index (χ4n) is 4.30. The van der Waals surface area contributed by atoms with Crippen LogP contribution in [-0.4, -0.2) is 36.3 Å². The fourth-order valence-corrected chi connectivity index (χ4v) is 5.74. The second-order valence-corrected chi connectivity index (χ2v) is 10.8. The number of fused-ring (bicyclic) bond motifs is 1. The molecule has 2 amide bonds. The Morgan fingerprint density at radius 1 is 0.923 bits per heavy atom. The number of thioether (sulfide) groups is 1. The number of benzene rings is 4. The van der Waals surface area contributed by atoms with Crippen LogP contribution in [0.5, 0.6) is 17.2 Å². The van der Waals surface area contributed by atoms with Crippen molar-refractivity contribution in [2.24, 2.45) is 0 Å². The molecule has 1 aliphatic heterocycles. The van der Waals surface area contributed by atoms with Gasteiger partial charge in [0.15, 0.2) is 11.5 Å². The summed E-state index contributed by atoms with van der Waals surface area (Å²) in [6.07, 6.45) is 1.69. The van der Waals surface area contributed by atoms with Gasteiger partial charge in [0.05, 0.1) is 23.0 Å². The monoisotopic (exact) mass is 603 g/mol. The number of halogens is 1. The predicted octanol–water partition coefficient (Wildman–Crippen LogP) is 7.61. The maximum atomic E-state index is 13.1. The maximum Gasteiger partial charge on any atom is 0.293 e. The van der Waals surface area contributed by atoms with Gasteiger partial charge in [-0.25, -0.2) is 0 Å². The van der Waals surface area contributed by atoms with E-state index in [4.69, 9.17) is 14.2 Å². The van der Waals surface area contributed by atoms with E-state index in [1.54, 1.807) is 19.3 Å². The topological polar surface area (TPSA) is 65.1 Å². The molecule has 0 atom stereocenters. The van der Waals surface area contributed by atoms with Crippen molar-refractivity contribution in [3.8, 4) is 17.2 Å². The van der Waals surface area contributed by atoms with Crippen LogP contribution in [0.25, 0.3) is 16.8 Å². The lowest BCUT2D eigenvalue weighted by atomic mass is 10.1. The van der Waals surface area contributed by atoms with Gasteiger partial charge in [0.1, 0.15) is 19.0 Å². The van der Waals surface area contributed by atoms with Crippen LogP contribution in [0, 0.1) is 6.92 Å². The first kappa shape index (κ1) is 26.8. The minimum absolute atomic E-state index is 0.157. The molecule has 1 fully saturated rings. The van der Waals surface area contributed by atoms with Crippen LogP contribution < -0.4 is 14.2 Å². The number of rotatable bonds is 9. The minimum Gasteiger partial charge on any atom is -0.493 e. The Kier molecular flexibility index (Phi) is 8.24. The molecule has 0 aromatic heterocycles. The summed E-state index contributed by atoms with van der Waals surface area (Å²) in [5, 5.41) is 1.73. The van der Waals surface area contributed by atoms with Crippen LogP contribution in [0.1, 0.15) is 16.7 Å². The van der Waals surface area contributed by atoms with E-state index in [0.717, 1.165) is 39.4 Å². The predicted molar refractivity (Wildman–Crippen MR) is 158 cm³/mol. The zero-order chi connectivity index (χ0) is 27.4. The summed E-state index contributed by atoms with van der Waals surface area (Å²) in [4.78, 5) is 27.3. The number of nitrogens with zero attached hydrogens (tertiary/aromatic N) is 1. The number of hydrogen-bond donors (Lipinski definition) is 0. The summed E-state index contributed by atoms with van der Waals surface area (Å²) in [5.41, 5.74) is 2.93. The molecule has 0 saturated carbocycles. The number of carbonyl (C=O) groups is 2. The van der Waals surface area contributed by atoms with Crippen LogP contribution in [0.4, 0.5) is 4.79 Å². The summed E-state index contributed by atoms with van der Waals surface area (Å²) < 4.78 is 18.3. The van der Waals surface area contributed by atoms with E-state index in [2.05, 4.69) is 15.9 Å². The molecule has 4 aromatic carbocycles. The van der Waals surface area contributed by atoms with E-state index < -0.39 is 0 Å². The van der Waals surface area contributed by atoms with Crippen molar-refractivity contribution in [1.29, 1.82) is 0 Å². The van der Waals surface area contributed by atoms with Crippen LogP contribution in [-0.2, 0) is 11.4 Å². The van der Waals surface area contributed by atoms with E-state index in [0.29, 0.717) is 33.0 Å². The highest BCUT2D eigenvalue weighted by Crippen LogP contribution is 2.39. The molecule has 4 aromatic rings. The third-order valence-corrected chi connectivity index (χ3v) is 7.87. The van der Waals surface area contributed by atoms with E-state index >= 15 is 0 Å². The molecule has 0 bridgehead atoms. The van der Waals surface area contributed by atoms with Crippen LogP contribution >= 0.6 is 27.7 Å². The van der Waals surface area contributed by atoms with Gasteiger partial charge in [0, 0.05) is 5.39 Å². The number of amides is 2. The molecule has 0 aliphatic carbocycles. The summed E-state index contributed by atoms with van der Waals surface area (Å²) in [6.45, 7) is 2.78. The Labute approximate surface area is 239 Å². The van der Waals surface area contributed by atoms with E-state index in [1.807, 2.05) is 79.7 Å². The summed E-state index contributed by atoms with van der Waals surface area (Å²) in [7, 11) is 1.57. The van der Waals surface area contributed by atoms with Crippen molar-refractivity contribution in [2.75, 3.05) is 20.3 Å². The molecule has 1 heterocycles. The second-order valence-electron chi connectivity index (χ2n) is 8.91. The van der Waals surface area contributed by atoms with Gasteiger partial charge in [-0.2, -0.15) is 0 Å². The van der Waals surface area contributed by atoms with Crippen molar-refractivity contribution in [2.45, 2.75) is 13.5 Å². The number of carbonyl (C=O) groups excluding carboxylic acids is 2. The lowest BCUT2D eigenvalue weighted by Crippen LogP contribution is -2.32. The zero-order valence-corrected chi connectivity index (χ0v) is 23.9. The molecule has 6 nitrogen and oxygen atoms in total. The van der Waals surface area contributed by atoms with Crippen molar-refractivity contribution in [3.05, 3.63) is 105 Å². The number of imide groups is 1. The SMILES string of the molecule is COc1cc(/C=C2\SC(=O)N(CCOc3cccc4ccccc34)C2=O)cc(Br)c1OCc1ccccc1C. The van der Waals surface area contributed by atoms with Gasteiger partial charge in [0.2, 0.25) is 0 Å². The van der Waals surface area contributed by atoms with E-state index in [-0.39, 0.29) is 24.3 Å². The Balaban J connectivity index is 1.27. The molecular formula is C31H26BrNO5S. The minimum atomic E-state index is -0.346. The quantitative estimate of drug-likeness (QED) is 0.183. The molecule has 0 radical (unpaired) electrons. The number of methoxy groups -OCH3 is 1. The Hall–Kier alpha value is -3.75. The lowest BCUT2D eigenvalue weighted by molar-refractivity contribution is -0.123. The highest BCUT2D eigenvalue weighted by molar-refractivity contribution is 9.10. The average molecular weight is 605 g/mol. The fraction of sp³-hybridized carbons (Fsp3) is 0.161. The molecule has 5 rings (SSSR count). The van der Waals surface area contributed by atoms with Gasteiger partial charge in [0.25, 0.3) is 11.1 Å². The van der Waals surface area contributed by atoms with Crippen LogP contribution in [0.3, 0.4) is 0 Å². The highest BCUT2D eigenvalue weighted by atomic mass is 79.9. The van der Waals surface area contributed by atoms with E-state index in [9.17, 15) is 9.59 Å². The standard InChI is InChI=1S/C31H26BrNO5S/c1-20-8-3-4-10-23(20)19-38-29-25(32)16-21(17-27(29)36-2)18-28-30(34)33(31(35)39-28)14-15-37-26-13-7-11-22-9-5-6-12-24(22)26/h3-13,16-18H,14-15,19H2,1-2H3/b28-18-. The third kappa shape index (κ3) is 5.97. The lowest BCUT2D eigenvalue weighted by Gasteiger charge is -2.15. The molecule has 1 saturated heterocycles. The summed E-state index contributed by atoms with van der Waals surface area (Å²) in [6, 6.07) is 25.4. The van der Waals surface area contributed by atoms with Crippen molar-refractivity contribution < 1.29 is 23.8 Å². The normalized spacial score (nSPS) is 14.3. The molecule has 198 valence electrons. The largest absolute Gasteiger partial charge is 0.493 e. The van der Waals surface area contributed by atoms with Crippen molar-refractivity contribution >= 4 is 55.7 Å². The first-order valence-electron chi connectivity index (χ1n) is 12.4. The Bertz CT molecular complexity index is 1580. The van der Waals surface area contributed by atoms with Crippen molar-refractivity contribution in [1.82, 2.24) is 4.90 Å². The first-order chi connectivity index (χ1) is 18.9. The molecule has 1 aliphatic rings. The summed E-state index contributed by atoms with van der Waals surface area (Å²) in [5.74, 6) is 1.46. The van der Waals surface area contributed by atoms with Gasteiger partial charge >= 0.3 is 0 Å². The molecule has 8 heteroatoms. The third-order valence-electron chi connectivity index (χ3n) is 6.38. The van der Waals surface area contributed by atoms with Gasteiger partial charge < -0.3 is 14.2 Å². The number of hydrogen-bond acceptors (Lipinski definition) is 6.